The summed E-state index contributed by atoms with van der Waals surface area (Å²) in [6, 6.07) is 13.3. The molecule has 3 rings (SSSR count). The van der Waals surface area contributed by atoms with Crippen molar-refractivity contribution in [1.29, 1.82) is 0 Å². The molecule has 0 aliphatic heterocycles. The molecule has 0 saturated carbocycles. The molecular formula is C20H25N5O3. The number of rotatable bonds is 9. The Morgan fingerprint density at radius 3 is 2.68 bits per heavy atom. The Balaban J connectivity index is 1.87. The van der Waals surface area contributed by atoms with E-state index in [4.69, 9.17) is 10.2 Å². The lowest BCUT2D eigenvalue weighted by molar-refractivity contribution is 0.194. The van der Waals surface area contributed by atoms with Crippen molar-refractivity contribution < 1.29 is 9.90 Å². The molecule has 0 spiro atoms. The lowest BCUT2D eigenvalue weighted by Gasteiger charge is -2.21. The lowest BCUT2D eigenvalue weighted by Crippen LogP contribution is -2.35. The summed E-state index contributed by atoms with van der Waals surface area (Å²) in [5, 5.41) is 19.1. The minimum absolute atomic E-state index is 0.0772. The number of carboxylic acid groups (broad SMARTS) is 1. The number of hydrogen-bond acceptors (Lipinski definition) is 4. The van der Waals surface area contributed by atoms with Gasteiger partial charge >= 0.3 is 6.09 Å². The standard InChI is InChI=1S/C20H25N5O3/c1-2-16(21-11-7-12-22-20(27)28)18-23-25-13-6-10-17(25)19(26)24(18)14-15-8-4-3-5-9-15/h3-6,8-10,13,16,21-22H,2,7,11-12,14H2,1H3,(H,27,28). The van der Waals surface area contributed by atoms with Crippen LogP contribution in [-0.4, -0.2) is 38.5 Å². The van der Waals surface area contributed by atoms with Crippen LogP contribution in [0.15, 0.2) is 53.5 Å². The van der Waals surface area contributed by atoms with E-state index in [9.17, 15) is 9.59 Å². The van der Waals surface area contributed by atoms with E-state index in [1.165, 1.54) is 0 Å². The van der Waals surface area contributed by atoms with E-state index < -0.39 is 6.09 Å². The highest BCUT2D eigenvalue weighted by Crippen LogP contribution is 2.15. The quantitative estimate of drug-likeness (QED) is 0.492. The summed E-state index contributed by atoms with van der Waals surface area (Å²) < 4.78 is 3.34. The maximum absolute atomic E-state index is 13.1. The molecule has 8 nitrogen and oxygen atoms in total. The number of amides is 1. The van der Waals surface area contributed by atoms with Crippen molar-refractivity contribution in [3.05, 3.63) is 70.4 Å². The Morgan fingerprint density at radius 2 is 1.96 bits per heavy atom. The molecule has 3 aromatic rings. The van der Waals surface area contributed by atoms with Gasteiger partial charge in [0.15, 0.2) is 0 Å². The van der Waals surface area contributed by atoms with Crippen LogP contribution in [0.3, 0.4) is 0 Å². The Morgan fingerprint density at radius 1 is 1.18 bits per heavy atom. The highest BCUT2D eigenvalue weighted by Gasteiger charge is 2.19. The van der Waals surface area contributed by atoms with Crippen molar-refractivity contribution in [3.63, 3.8) is 0 Å². The first-order chi connectivity index (χ1) is 13.6. The van der Waals surface area contributed by atoms with Gasteiger partial charge in [-0.25, -0.2) is 9.31 Å². The molecule has 1 aromatic carbocycles. The second-order valence-corrected chi connectivity index (χ2v) is 6.57. The normalized spacial score (nSPS) is 12.2. The Bertz CT molecular complexity index is 980. The Kier molecular flexibility index (Phi) is 6.44. The number of nitrogens with one attached hydrogen (secondary N) is 2. The summed E-state index contributed by atoms with van der Waals surface area (Å²) in [6.45, 7) is 3.47. The van der Waals surface area contributed by atoms with Crippen LogP contribution in [0.5, 0.6) is 0 Å². The van der Waals surface area contributed by atoms with Crippen molar-refractivity contribution in [1.82, 2.24) is 24.8 Å². The fraction of sp³-hybridized carbons (Fsp3) is 0.350. The zero-order valence-corrected chi connectivity index (χ0v) is 15.8. The summed E-state index contributed by atoms with van der Waals surface area (Å²) in [5.41, 5.74) is 1.50. The lowest BCUT2D eigenvalue weighted by atomic mass is 10.1. The van der Waals surface area contributed by atoms with Crippen molar-refractivity contribution in [3.8, 4) is 0 Å². The zero-order chi connectivity index (χ0) is 19.9. The highest BCUT2D eigenvalue weighted by molar-refractivity contribution is 5.64. The van der Waals surface area contributed by atoms with Gasteiger partial charge in [0.05, 0.1) is 12.6 Å². The Hall–Kier alpha value is -3.13. The third kappa shape index (κ3) is 4.58. The maximum atomic E-state index is 13.1. The largest absolute Gasteiger partial charge is 0.465 e. The maximum Gasteiger partial charge on any atom is 0.404 e. The van der Waals surface area contributed by atoms with Crippen molar-refractivity contribution in [2.24, 2.45) is 0 Å². The second-order valence-electron chi connectivity index (χ2n) is 6.57. The SMILES string of the molecule is CCC(NCCCNC(=O)O)c1nn2cccc2c(=O)n1Cc1ccccc1. The summed E-state index contributed by atoms with van der Waals surface area (Å²) in [4.78, 5) is 23.6. The molecule has 0 bridgehead atoms. The average Bonchev–Trinajstić information content (AvgIpc) is 3.16. The molecule has 0 radical (unpaired) electrons. The smallest absolute Gasteiger partial charge is 0.404 e. The summed E-state index contributed by atoms with van der Waals surface area (Å²) in [5.74, 6) is 0.672. The van der Waals surface area contributed by atoms with Gasteiger partial charge in [-0.1, -0.05) is 37.3 Å². The zero-order valence-electron chi connectivity index (χ0n) is 15.8. The van der Waals surface area contributed by atoms with Gasteiger partial charge in [-0.15, -0.1) is 0 Å². The van der Waals surface area contributed by atoms with Crippen LogP contribution in [0.1, 0.15) is 37.2 Å². The highest BCUT2D eigenvalue weighted by atomic mass is 16.4. The first-order valence-electron chi connectivity index (χ1n) is 9.42. The Labute approximate surface area is 162 Å². The number of benzene rings is 1. The molecule has 2 aromatic heterocycles. The van der Waals surface area contributed by atoms with E-state index in [0.717, 1.165) is 12.0 Å². The fourth-order valence-electron chi connectivity index (χ4n) is 3.19. The van der Waals surface area contributed by atoms with E-state index in [0.29, 0.717) is 37.4 Å². The molecule has 8 heteroatoms. The molecule has 1 unspecified atom stereocenters. The summed E-state index contributed by atoms with van der Waals surface area (Å²) >= 11 is 0. The van der Waals surface area contributed by atoms with Gasteiger partial charge in [0.2, 0.25) is 0 Å². The van der Waals surface area contributed by atoms with Gasteiger partial charge in [0.1, 0.15) is 11.3 Å². The topological polar surface area (TPSA) is 101 Å². The minimum Gasteiger partial charge on any atom is -0.465 e. The van der Waals surface area contributed by atoms with Crippen LogP contribution >= 0.6 is 0 Å². The number of hydrogen-bond donors (Lipinski definition) is 3. The van der Waals surface area contributed by atoms with Crippen LogP contribution in [0.25, 0.3) is 5.52 Å². The van der Waals surface area contributed by atoms with Crippen molar-refractivity contribution in [2.45, 2.75) is 32.4 Å². The number of nitrogens with zero attached hydrogens (tertiary/aromatic N) is 3. The number of carbonyl (C=O) groups is 1. The van der Waals surface area contributed by atoms with Gasteiger partial charge in [-0.3, -0.25) is 9.36 Å². The molecule has 0 aliphatic rings. The average molecular weight is 383 g/mol. The molecule has 3 N–H and O–H groups in total. The molecule has 1 amide bonds. The van der Waals surface area contributed by atoms with Gasteiger partial charge in [-0.05, 0) is 37.1 Å². The number of aromatic nitrogens is 3. The summed E-state index contributed by atoms with van der Waals surface area (Å²) in [7, 11) is 0. The second kappa shape index (κ2) is 9.18. The molecule has 0 fully saturated rings. The monoisotopic (exact) mass is 383 g/mol. The van der Waals surface area contributed by atoms with Crippen LogP contribution in [0, 0.1) is 0 Å². The minimum atomic E-state index is -1.02. The van der Waals surface area contributed by atoms with Crippen LogP contribution in [-0.2, 0) is 6.54 Å². The molecular weight excluding hydrogens is 358 g/mol. The molecule has 148 valence electrons. The van der Waals surface area contributed by atoms with E-state index in [1.54, 1.807) is 21.3 Å². The van der Waals surface area contributed by atoms with E-state index in [1.807, 2.05) is 43.3 Å². The van der Waals surface area contributed by atoms with E-state index >= 15 is 0 Å². The fourth-order valence-corrected chi connectivity index (χ4v) is 3.19. The van der Waals surface area contributed by atoms with Gasteiger partial charge in [0.25, 0.3) is 5.56 Å². The predicted molar refractivity (Wildman–Crippen MR) is 107 cm³/mol. The van der Waals surface area contributed by atoms with Gasteiger partial charge in [0, 0.05) is 12.7 Å². The van der Waals surface area contributed by atoms with Crippen molar-refractivity contribution in [2.75, 3.05) is 13.1 Å². The predicted octanol–water partition coefficient (Wildman–Crippen LogP) is 2.24. The third-order valence-corrected chi connectivity index (χ3v) is 4.60. The van der Waals surface area contributed by atoms with Gasteiger partial charge < -0.3 is 15.7 Å². The molecule has 0 saturated heterocycles. The number of fused-ring (bicyclic) bond motifs is 1. The molecule has 0 aliphatic carbocycles. The molecule has 1 atom stereocenters. The molecule has 28 heavy (non-hydrogen) atoms. The van der Waals surface area contributed by atoms with Crippen LogP contribution in [0.2, 0.25) is 0 Å². The first kappa shape index (κ1) is 19.6. The van der Waals surface area contributed by atoms with Gasteiger partial charge in [-0.2, -0.15) is 5.10 Å². The third-order valence-electron chi connectivity index (χ3n) is 4.60. The van der Waals surface area contributed by atoms with E-state index in [-0.39, 0.29) is 11.6 Å². The first-order valence-corrected chi connectivity index (χ1v) is 9.42. The van der Waals surface area contributed by atoms with Crippen LogP contribution in [0.4, 0.5) is 4.79 Å². The summed E-state index contributed by atoms with van der Waals surface area (Å²) in [6.07, 6.45) is 2.15. The van der Waals surface area contributed by atoms with Crippen LogP contribution < -0.4 is 16.2 Å². The van der Waals surface area contributed by atoms with E-state index in [2.05, 4.69) is 10.6 Å². The molecule has 2 heterocycles. The van der Waals surface area contributed by atoms with Crippen molar-refractivity contribution >= 4 is 11.6 Å².